The number of halogens is 3. The average Bonchev–Trinajstić information content (AvgIpc) is 2.64. The molecule has 0 fully saturated rings. The number of nitrogens with zero attached hydrogens (tertiary/aromatic N) is 2. The van der Waals surface area contributed by atoms with Crippen molar-refractivity contribution in [1.29, 1.82) is 0 Å². The maximum absolute atomic E-state index is 13.4. The van der Waals surface area contributed by atoms with E-state index in [0.29, 0.717) is 10.8 Å². The summed E-state index contributed by atoms with van der Waals surface area (Å²) in [5, 5.41) is 4.92. The summed E-state index contributed by atoms with van der Waals surface area (Å²) in [6, 6.07) is 6.26. The van der Waals surface area contributed by atoms with Gasteiger partial charge in [-0.3, -0.25) is 0 Å². The molecule has 1 aromatic carbocycles. The Morgan fingerprint density at radius 3 is 2.33 bits per heavy atom. The molecular formula is C13H13Cl2FN2. The molecule has 0 atom stereocenters. The predicted octanol–water partition coefficient (Wildman–Crippen LogP) is 4.62. The smallest absolute Gasteiger partial charge is 0.143 e. The topological polar surface area (TPSA) is 17.8 Å². The molecule has 0 saturated heterocycles. The quantitative estimate of drug-likeness (QED) is 0.748. The fraction of sp³-hybridized carbons (Fsp3) is 0.308. The maximum atomic E-state index is 13.4. The van der Waals surface area contributed by atoms with E-state index in [1.165, 1.54) is 16.8 Å². The number of benzene rings is 1. The van der Waals surface area contributed by atoms with Crippen LogP contribution in [0.4, 0.5) is 4.39 Å². The first-order valence-electron chi connectivity index (χ1n) is 5.50. The summed E-state index contributed by atoms with van der Waals surface area (Å²) in [5.41, 5.74) is 1.29. The van der Waals surface area contributed by atoms with Gasteiger partial charge in [0.25, 0.3) is 0 Å². The summed E-state index contributed by atoms with van der Waals surface area (Å²) in [4.78, 5) is 0. The van der Waals surface area contributed by atoms with Crippen LogP contribution in [0.2, 0.25) is 10.2 Å². The van der Waals surface area contributed by atoms with Gasteiger partial charge in [-0.1, -0.05) is 44.0 Å². The van der Waals surface area contributed by atoms with Gasteiger partial charge in [0.15, 0.2) is 0 Å². The summed E-state index contributed by atoms with van der Waals surface area (Å²) in [6.45, 7) is 6.12. The third kappa shape index (κ3) is 2.52. The summed E-state index contributed by atoms with van der Waals surface area (Å²) in [7, 11) is 0. The molecule has 1 aromatic heterocycles. The Labute approximate surface area is 115 Å². The highest BCUT2D eigenvalue weighted by Crippen LogP contribution is 2.27. The normalized spacial score (nSPS) is 11.9. The lowest BCUT2D eigenvalue weighted by Crippen LogP contribution is -2.12. The minimum absolute atomic E-state index is 0.0815. The lowest BCUT2D eigenvalue weighted by Gasteiger charge is -2.14. The highest BCUT2D eigenvalue weighted by Gasteiger charge is 2.20. The molecule has 2 rings (SSSR count). The highest BCUT2D eigenvalue weighted by atomic mass is 35.5. The largest absolute Gasteiger partial charge is 0.222 e. The molecule has 18 heavy (non-hydrogen) atoms. The van der Waals surface area contributed by atoms with Gasteiger partial charge in [-0.25, -0.2) is 9.07 Å². The third-order valence-corrected chi connectivity index (χ3v) is 3.16. The van der Waals surface area contributed by atoms with E-state index in [1.807, 2.05) is 20.8 Å². The highest BCUT2D eigenvalue weighted by molar-refractivity contribution is 6.31. The zero-order valence-electron chi connectivity index (χ0n) is 10.3. The van der Waals surface area contributed by atoms with Crippen molar-refractivity contribution in [3.63, 3.8) is 0 Å². The van der Waals surface area contributed by atoms with E-state index < -0.39 is 5.82 Å². The Morgan fingerprint density at radius 2 is 1.83 bits per heavy atom. The molecule has 0 amide bonds. The van der Waals surface area contributed by atoms with Crippen LogP contribution < -0.4 is 0 Å². The fourth-order valence-corrected chi connectivity index (χ4v) is 1.88. The van der Waals surface area contributed by atoms with Crippen LogP contribution in [0.1, 0.15) is 26.5 Å². The first-order valence-corrected chi connectivity index (χ1v) is 6.26. The monoisotopic (exact) mass is 286 g/mol. The first-order chi connectivity index (χ1) is 8.29. The van der Waals surface area contributed by atoms with Gasteiger partial charge in [-0.15, -0.1) is 0 Å². The van der Waals surface area contributed by atoms with Crippen molar-refractivity contribution >= 4 is 23.2 Å². The van der Waals surface area contributed by atoms with Gasteiger partial charge in [0.2, 0.25) is 0 Å². The van der Waals surface area contributed by atoms with Gasteiger partial charge in [0.05, 0.1) is 16.4 Å². The standard InChI is InChI=1S/C13H13Cl2FN2/c1-13(2,3)11-7-12(15)18(17-11)8-4-5-9(14)10(16)6-8/h4-7H,1-3H3. The Morgan fingerprint density at radius 1 is 1.17 bits per heavy atom. The van der Waals surface area contributed by atoms with Crippen LogP contribution in [0.25, 0.3) is 5.69 Å². The second kappa shape index (κ2) is 4.56. The van der Waals surface area contributed by atoms with Gasteiger partial charge >= 0.3 is 0 Å². The van der Waals surface area contributed by atoms with Crippen LogP contribution in [-0.2, 0) is 5.41 Å². The molecule has 0 unspecified atom stereocenters. The molecule has 5 heteroatoms. The van der Waals surface area contributed by atoms with Crippen molar-refractivity contribution in [3.05, 3.63) is 46.0 Å². The first kappa shape index (κ1) is 13.4. The van der Waals surface area contributed by atoms with Gasteiger partial charge in [0, 0.05) is 11.5 Å². The number of rotatable bonds is 1. The van der Waals surface area contributed by atoms with E-state index in [4.69, 9.17) is 23.2 Å². The molecule has 2 nitrogen and oxygen atoms in total. The lowest BCUT2D eigenvalue weighted by molar-refractivity contribution is 0.560. The molecule has 96 valence electrons. The summed E-state index contributed by atoms with van der Waals surface area (Å²) in [5.74, 6) is -0.488. The molecule has 0 aliphatic rings. The minimum Gasteiger partial charge on any atom is -0.222 e. The molecule has 0 aliphatic carbocycles. The molecule has 0 saturated carbocycles. The number of hydrogen-bond donors (Lipinski definition) is 0. The van der Waals surface area contributed by atoms with Crippen LogP contribution in [0.5, 0.6) is 0 Å². The van der Waals surface area contributed by atoms with Gasteiger partial charge < -0.3 is 0 Å². The maximum Gasteiger partial charge on any atom is 0.143 e. The summed E-state index contributed by atoms with van der Waals surface area (Å²) >= 11 is 11.8. The summed E-state index contributed by atoms with van der Waals surface area (Å²) < 4.78 is 14.9. The number of hydrogen-bond acceptors (Lipinski definition) is 1. The van der Waals surface area contributed by atoms with Crippen molar-refractivity contribution in [3.8, 4) is 5.69 Å². The zero-order valence-corrected chi connectivity index (χ0v) is 11.8. The van der Waals surface area contributed by atoms with Crippen molar-refractivity contribution in [2.24, 2.45) is 0 Å². The average molecular weight is 287 g/mol. The Balaban J connectivity index is 2.51. The van der Waals surface area contributed by atoms with Crippen LogP contribution in [0.3, 0.4) is 0 Å². The second-order valence-corrected chi connectivity index (χ2v) is 5.91. The zero-order chi connectivity index (χ0) is 13.5. The van der Waals surface area contributed by atoms with Crippen molar-refractivity contribution in [2.45, 2.75) is 26.2 Å². The Bertz CT molecular complexity index is 585. The van der Waals surface area contributed by atoms with Gasteiger partial charge in [0.1, 0.15) is 11.0 Å². The molecule has 0 spiro atoms. The van der Waals surface area contributed by atoms with Crippen LogP contribution in [0.15, 0.2) is 24.3 Å². The summed E-state index contributed by atoms with van der Waals surface area (Å²) in [6.07, 6.45) is 0. The Hall–Kier alpha value is -1.06. The van der Waals surface area contributed by atoms with E-state index in [-0.39, 0.29) is 10.4 Å². The van der Waals surface area contributed by atoms with Crippen molar-refractivity contribution in [1.82, 2.24) is 9.78 Å². The molecule has 0 bridgehead atoms. The SMILES string of the molecule is CC(C)(C)c1cc(Cl)n(-c2ccc(Cl)c(F)c2)n1. The second-order valence-electron chi connectivity index (χ2n) is 5.11. The Kier molecular flexibility index (Phi) is 3.39. The van der Waals surface area contributed by atoms with E-state index >= 15 is 0 Å². The van der Waals surface area contributed by atoms with Crippen LogP contribution >= 0.6 is 23.2 Å². The molecule has 2 aromatic rings. The van der Waals surface area contributed by atoms with Crippen LogP contribution in [0, 0.1) is 5.82 Å². The van der Waals surface area contributed by atoms with E-state index in [9.17, 15) is 4.39 Å². The van der Waals surface area contributed by atoms with E-state index in [2.05, 4.69) is 5.10 Å². The number of aromatic nitrogens is 2. The van der Waals surface area contributed by atoms with Gasteiger partial charge in [-0.2, -0.15) is 5.10 Å². The van der Waals surface area contributed by atoms with E-state index in [1.54, 1.807) is 12.1 Å². The van der Waals surface area contributed by atoms with Crippen LogP contribution in [-0.4, -0.2) is 9.78 Å². The molecule has 0 N–H and O–H groups in total. The minimum atomic E-state index is -0.488. The van der Waals surface area contributed by atoms with Gasteiger partial charge in [-0.05, 0) is 18.2 Å². The van der Waals surface area contributed by atoms with Crippen molar-refractivity contribution in [2.75, 3.05) is 0 Å². The molecule has 0 radical (unpaired) electrons. The van der Waals surface area contributed by atoms with E-state index in [0.717, 1.165) is 5.69 Å². The predicted molar refractivity (Wildman–Crippen MR) is 72.2 cm³/mol. The van der Waals surface area contributed by atoms with Crippen molar-refractivity contribution < 1.29 is 4.39 Å². The third-order valence-electron chi connectivity index (χ3n) is 2.58. The molecule has 0 aliphatic heterocycles. The molecular weight excluding hydrogens is 274 g/mol. The molecule has 1 heterocycles. The lowest BCUT2D eigenvalue weighted by atomic mass is 9.93. The fourth-order valence-electron chi connectivity index (χ4n) is 1.52.